The number of hydrogen-bond donors (Lipinski definition) is 1. The highest BCUT2D eigenvalue weighted by Crippen LogP contribution is 2.14. The Hall–Kier alpha value is -1.39. The van der Waals surface area contributed by atoms with Crippen LogP contribution in [-0.4, -0.2) is 31.8 Å². The van der Waals surface area contributed by atoms with Gasteiger partial charge in [-0.1, -0.05) is 18.2 Å². The molecule has 1 aromatic carbocycles. The first-order valence-electron chi connectivity index (χ1n) is 5.33. The highest BCUT2D eigenvalue weighted by molar-refractivity contribution is 5.94. The summed E-state index contributed by atoms with van der Waals surface area (Å²) < 4.78 is 10.5. The average molecular weight is 221 g/mol. The quantitative estimate of drug-likeness (QED) is 0.820. The van der Waals surface area contributed by atoms with E-state index in [0.717, 1.165) is 11.3 Å². The van der Waals surface area contributed by atoms with Crippen LogP contribution in [0.5, 0.6) is 0 Å². The molecular formula is C12H15NO3. The van der Waals surface area contributed by atoms with E-state index in [4.69, 9.17) is 9.47 Å². The molecule has 0 saturated carbocycles. The van der Waals surface area contributed by atoms with Gasteiger partial charge < -0.3 is 14.8 Å². The van der Waals surface area contributed by atoms with E-state index in [2.05, 4.69) is 5.32 Å². The van der Waals surface area contributed by atoms with Crippen molar-refractivity contribution in [2.75, 3.05) is 25.1 Å². The summed E-state index contributed by atoms with van der Waals surface area (Å²) in [6.45, 7) is 3.32. The van der Waals surface area contributed by atoms with Crippen LogP contribution >= 0.6 is 0 Å². The molecule has 0 aromatic heterocycles. The molecule has 1 N–H and O–H groups in total. The fourth-order valence-electron chi connectivity index (χ4n) is 1.57. The van der Waals surface area contributed by atoms with Gasteiger partial charge in [-0.2, -0.15) is 0 Å². The maximum atomic E-state index is 11.8. The van der Waals surface area contributed by atoms with Crippen LogP contribution in [0.25, 0.3) is 0 Å². The van der Waals surface area contributed by atoms with Gasteiger partial charge in [0.1, 0.15) is 0 Å². The smallest absolute Gasteiger partial charge is 0.255 e. The minimum Gasteiger partial charge on any atom is -0.376 e. The van der Waals surface area contributed by atoms with Crippen LogP contribution in [0.4, 0.5) is 5.69 Å². The normalized spacial score (nSPS) is 20.4. The van der Waals surface area contributed by atoms with Crippen molar-refractivity contribution in [2.45, 2.75) is 13.0 Å². The van der Waals surface area contributed by atoms with Crippen molar-refractivity contribution >= 4 is 11.6 Å². The number of para-hydroxylation sites is 1. The molecule has 0 aliphatic carbocycles. The zero-order valence-corrected chi connectivity index (χ0v) is 9.23. The van der Waals surface area contributed by atoms with Crippen LogP contribution in [0.15, 0.2) is 24.3 Å². The number of nitrogens with one attached hydrogen (secondary N) is 1. The third kappa shape index (κ3) is 2.59. The number of carbonyl (C=O) groups is 1. The Morgan fingerprint density at radius 2 is 2.19 bits per heavy atom. The van der Waals surface area contributed by atoms with Crippen LogP contribution in [0.2, 0.25) is 0 Å². The molecule has 0 spiro atoms. The van der Waals surface area contributed by atoms with E-state index < -0.39 is 6.10 Å². The minimum absolute atomic E-state index is 0.144. The van der Waals surface area contributed by atoms with Gasteiger partial charge in [-0.3, -0.25) is 4.79 Å². The van der Waals surface area contributed by atoms with Crippen molar-refractivity contribution in [2.24, 2.45) is 0 Å². The predicted molar refractivity (Wildman–Crippen MR) is 60.4 cm³/mol. The van der Waals surface area contributed by atoms with E-state index in [1.807, 2.05) is 31.2 Å². The molecule has 16 heavy (non-hydrogen) atoms. The minimum atomic E-state index is -0.492. The van der Waals surface area contributed by atoms with Crippen LogP contribution in [0.1, 0.15) is 5.56 Å². The molecule has 1 aromatic rings. The summed E-state index contributed by atoms with van der Waals surface area (Å²) in [5.41, 5.74) is 1.86. The highest BCUT2D eigenvalue weighted by atomic mass is 16.6. The molecule has 1 saturated heterocycles. The van der Waals surface area contributed by atoms with Crippen molar-refractivity contribution < 1.29 is 14.3 Å². The zero-order chi connectivity index (χ0) is 11.4. The van der Waals surface area contributed by atoms with Crippen molar-refractivity contribution in [3.05, 3.63) is 29.8 Å². The maximum Gasteiger partial charge on any atom is 0.255 e. The largest absolute Gasteiger partial charge is 0.376 e. The Balaban J connectivity index is 1.99. The first-order valence-corrected chi connectivity index (χ1v) is 5.33. The third-order valence-corrected chi connectivity index (χ3v) is 2.51. The van der Waals surface area contributed by atoms with E-state index in [-0.39, 0.29) is 5.91 Å². The van der Waals surface area contributed by atoms with Crippen LogP contribution in [-0.2, 0) is 14.3 Å². The monoisotopic (exact) mass is 221 g/mol. The molecule has 1 atom stereocenters. The fraction of sp³-hybridized carbons (Fsp3) is 0.417. The van der Waals surface area contributed by atoms with Gasteiger partial charge in [-0.05, 0) is 18.6 Å². The molecular weight excluding hydrogens is 206 g/mol. The van der Waals surface area contributed by atoms with Crippen LogP contribution in [0, 0.1) is 6.92 Å². The van der Waals surface area contributed by atoms with E-state index in [1.165, 1.54) is 0 Å². The van der Waals surface area contributed by atoms with E-state index >= 15 is 0 Å². The number of anilines is 1. The van der Waals surface area contributed by atoms with Crippen molar-refractivity contribution in [1.82, 2.24) is 0 Å². The lowest BCUT2D eigenvalue weighted by Gasteiger charge is -2.22. The summed E-state index contributed by atoms with van der Waals surface area (Å²) in [5.74, 6) is -0.144. The summed E-state index contributed by atoms with van der Waals surface area (Å²) >= 11 is 0. The summed E-state index contributed by atoms with van der Waals surface area (Å²) in [6.07, 6.45) is -0.492. The van der Waals surface area contributed by atoms with Crippen molar-refractivity contribution in [3.8, 4) is 0 Å². The molecule has 2 rings (SSSR count). The second kappa shape index (κ2) is 5.09. The Labute approximate surface area is 94.6 Å². The lowest BCUT2D eigenvalue weighted by Crippen LogP contribution is -2.39. The molecule has 0 unspecified atom stereocenters. The molecule has 0 bridgehead atoms. The molecule has 1 fully saturated rings. The topological polar surface area (TPSA) is 47.6 Å². The summed E-state index contributed by atoms with van der Waals surface area (Å²) in [4.78, 5) is 11.8. The molecule has 1 aliphatic rings. The van der Waals surface area contributed by atoms with Gasteiger partial charge in [-0.15, -0.1) is 0 Å². The zero-order valence-electron chi connectivity index (χ0n) is 9.23. The highest BCUT2D eigenvalue weighted by Gasteiger charge is 2.22. The number of rotatable bonds is 2. The number of hydrogen-bond acceptors (Lipinski definition) is 3. The van der Waals surface area contributed by atoms with Gasteiger partial charge in [0.2, 0.25) is 0 Å². The van der Waals surface area contributed by atoms with Crippen molar-refractivity contribution in [1.29, 1.82) is 0 Å². The maximum absolute atomic E-state index is 11.8. The number of carbonyl (C=O) groups excluding carboxylic acids is 1. The molecule has 4 nitrogen and oxygen atoms in total. The van der Waals surface area contributed by atoms with E-state index in [1.54, 1.807) is 0 Å². The summed E-state index contributed by atoms with van der Waals surface area (Å²) in [7, 11) is 0. The lowest BCUT2D eigenvalue weighted by molar-refractivity contribution is -0.142. The Kier molecular flexibility index (Phi) is 3.54. The molecule has 0 radical (unpaired) electrons. The van der Waals surface area contributed by atoms with Gasteiger partial charge in [0.05, 0.1) is 19.8 Å². The van der Waals surface area contributed by atoms with E-state index in [0.29, 0.717) is 19.8 Å². The Morgan fingerprint density at radius 3 is 2.88 bits per heavy atom. The van der Waals surface area contributed by atoms with Gasteiger partial charge >= 0.3 is 0 Å². The Bertz CT molecular complexity index is 372. The molecule has 1 amide bonds. The fourth-order valence-corrected chi connectivity index (χ4v) is 1.57. The average Bonchev–Trinajstić information content (AvgIpc) is 2.33. The van der Waals surface area contributed by atoms with E-state index in [9.17, 15) is 4.79 Å². The van der Waals surface area contributed by atoms with Gasteiger partial charge in [0, 0.05) is 5.69 Å². The standard InChI is InChI=1S/C12H15NO3/c1-9-4-2-3-5-10(9)13-12(14)11-8-15-6-7-16-11/h2-5,11H,6-8H2,1H3,(H,13,14)/t11-/m0/s1. The number of benzene rings is 1. The third-order valence-electron chi connectivity index (χ3n) is 2.51. The molecule has 1 aliphatic heterocycles. The second-order valence-corrected chi connectivity index (χ2v) is 3.74. The lowest BCUT2D eigenvalue weighted by atomic mass is 10.2. The van der Waals surface area contributed by atoms with Gasteiger partial charge in [0.25, 0.3) is 5.91 Å². The van der Waals surface area contributed by atoms with Crippen molar-refractivity contribution in [3.63, 3.8) is 0 Å². The first-order chi connectivity index (χ1) is 7.77. The summed E-state index contributed by atoms with van der Waals surface area (Å²) in [6, 6.07) is 7.65. The van der Waals surface area contributed by atoms with Gasteiger partial charge in [-0.25, -0.2) is 0 Å². The van der Waals surface area contributed by atoms with Crippen LogP contribution in [0.3, 0.4) is 0 Å². The second-order valence-electron chi connectivity index (χ2n) is 3.74. The number of ether oxygens (including phenoxy) is 2. The van der Waals surface area contributed by atoms with Gasteiger partial charge in [0.15, 0.2) is 6.10 Å². The van der Waals surface area contributed by atoms with Crippen LogP contribution < -0.4 is 5.32 Å². The Morgan fingerprint density at radius 1 is 1.38 bits per heavy atom. The molecule has 86 valence electrons. The molecule has 1 heterocycles. The predicted octanol–water partition coefficient (Wildman–Crippen LogP) is 1.35. The number of aryl methyl sites for hydroxylation is 1. The first kappa shape index (κ1) is 11.1. The molecule has 4 heteroatoms. The number of amides is 1. The SMILES string of the molecule is Cc1ccccc1NC(=O)[C@@H]1COCCO1. The summed E-state index contributed by atoms with van der Waals surface area (Å²) in [5, 5.41) is 2.84.